The molecule has 3 atom stereocenters. The molecule has 0 spiro atoms. The molecular weight excluding hydrogens is 230 g/mol. The first-order chi connectivity index (χ1) is 8.24. The van der Waals surface area contributed by atoms with Gasteiger partial charge in [-0.1, -0.05) is 12.8 Å². The summed E-state index contributed by atoms with van der Waals surface area (Å²) < 4.78 is 0. The van der Waals surface area contributed by atoms with Gasteiger partial charge in [0.1, 0.15) is 5.01 Å². The highest BCUT2D eigenvalue weighted by molar-refractivity contribution is 7.09. The smallest absolute Gasteiger partial charge is 0.109 e. The molecule has 1 aliphatic rings. The third-order valence-corrected chi connectivity index (χ3v) is 5.06. The van der Waals surface area contributed by atoms with Crippen LogP contribution in [0.5, 0.6) is 0 Å². The van der Waals surface area contributed by atoms with E-state index in [1.165, 1.54) is 30.7 Å². The highest BCUT2D eigenvalue weighted by Gasteiger charge is 2.30. The number of hydrogen-bond donors (Lipinski definition) is 1. The van der Waals surface area contributed by atoms with Gasteiger partial charge in [0.2, 0.25) is 0 Å². The predicted molar refractivity (Wildman–Crippen MR) is 73.1 cm³/mol. The number of thiazole rings is 1. The molecule has 0 saturated heterocycles. The normalized spacial score (nSPS) is 27.3. The SMILES string of the molecule is CC(c1nccs1)N(C)C1CCCCC1CN. The van der Waals surface area contributed by atoms with Crippen molar-refractivity contribution in [1.29, 1.82) is 0 Å². The lowest BCUT2D eigenvalue weighted by Gasteiger charge is -2.40. The van der Waals surface area contributed by atoms with Crippen molar-refractivity contribution in [3.05, 3.63) is 16.6 Å². The standard InChI is InChI=1S/C13H23N3S/c1-10(13-15-7-8-17-13)16(2)12-6-4-3-5-11(12)9-14/h7-8,10-12H,3-6,9,14H2,1-2H3. The maximum atomic E-state index is 5.91. The number of nitrogens with zero attached hydrogens (tertiary/aromatic N) is 2. The molecular formula is C13H23N3S. The van der Waals surface area contributed by atoms with Crippen molar-refractivity contribution in [2.24, 2.45) is 11.7 Å². The fourth-order valence-corrected chi connectivity index (χ4v) is 3.65. The van der Waals surface area contributed by atoms with Crippen molar-refractivity contribution in [2.75, 3.05) is 13.6 Å². The molecule has 1 fully saturated rings. The van der Waals surface area contributed by atoms with E-state index in [-0.39, 0.29) is 0 Å². The lowest BCUT2D eigenvalue weighted by molar-refractivity contribution is 0.0988. The van der Waals surface area contributed by atoms with Crippen LogP contribution < -0.4 is 5.73 Å². The maximum absolute atomic E-state index is 5.91. The van der Waals surface area contributed by atoms with Crippen molar-refractivity contribution in [3.63, 3.8) is 0 Å². The molecule has 17 heavy (non-hydrogen) atoms. The molecule has 4 heteroatoms. The highest BCUT2D eigenvalue weighted by atomic mass is 32.1. The summed E-state index contributed by atoms with van der Waals surface area (Å²) in [5, 5.41) is 3.27. The van der Waals surface area contributed by atoms with Crippen LogP contribution in [0.4, 0.5) is 0 Å². The van der Waals surface area contributed by atoms with E-state index in [0.717, 1.165) is 6.54 Å². The minimum absolute atomic E-state index is 0.409. The molecule has 0 amide bonds. The van der Waals surface area contributed by atoms with E-state index in [4.69, 9.17) is 5.73 Å². The molecule has 3 nitrogen and oxygen atoms in total. The Morgan fingerprint density at radius 2 is 2.29 bits per heavy atom. The lowest BCUT2D eigenvalue weighted by Crippen LogP contribution is -2.44. The molecule has 2 N–H and O–H groups in total. The van der Waals surface area contributed by atoms with Crippen molar-refractivity contribution in [3.8, 4) is 0 Å². The third kappa shape index (κ3) is 2.87. The minimum atomic E-state index is 0.409. The molecule has 1 aromatic rings. The van der Waals surface area contributed by atoms with Crippen LogP contribution in [0.15, 0.2) is 11.6 Å². The summed E-state index contributed by atoms with van der Waals surface area (Å²) in [5.41, 5.74) is 5.91. The van der Waals surface area contributed by atoms with Crippen LogP contribution >= 0.6 is 11.3 Å². The van der Waals surface area contributed by atoms with Crippen LogP contribution in [0.1, 0.15) is 43.7 Å². The van der Waals surface area contributed by atoms with Crippen molar-refractivity contribution in [2.45, 2.75) is 44.7 Å². The van der Waals surface area contributed by atoms with Crippen LogP contribution in [0.3, 0.4) is 0 Å². The summed E-state index contributed by atoms with van der Waals surface area (Å²) >= 11 is 1.75. The Morgan fingerprint density at radius 1 is 1.53 bits per heavy atom. The van der Waals surface area contributed by atoms with Gasteiger partial charge >= 0.3 is 0 Å². The lowest BCUT2D eigenvalue weighted by atomic mass is 9.83. The Balaban J connectivity index is 2.04. The molecule has 1 aliphatic carbocycles. The Bertz CT molecular complexity index is 325. The van der Waals surface area contributed by atoms with Crippen molar-refractivity contribution in [1.82, 2.24) is 9.88 Å². The van der Waals surface area contributed by atoms with Crippen LogP contribution in [-0.4, -0.2) is 29.5 Å². The fraction of sp³-hybridized carbons (Fsp3) is 0.769. The summed E-state index contributed by atoms with van der Waals surface area (Å²) in [6.45, 7) is 3.07. The number of aromatic nitrogens is 1. The van der Waals surface area contributed by atoms with Gasteiger partial charge in [-0.05, 0) is 39.3 Å². The Kier molecular flexibility index (Phi) is 4.54. The van der Waals surface area contributed by atoms with E-state index in [2.05, 4.69) is 29.2 Å². The summed E-state index contributed by atoms with van der Waals surface area (Å²) in [4.78, 5) is 6.91. The van der Waals surface area contributed by atoms with E-state index in [9.17, 15) is 0 Å². The van der Waals surface area contributed by atoms with E-state index >= 15 is 0 Å². The van der Waals surface area contributed by atoms with Crippen molar-refractivity contribution >= 4 is 11.3 Å². The Labute approximate surface area is 108 Å². The maximum Gasteiger partial charge on any atom is 0.109 e. The molecule has 2 rings (SSSR count). The molecule has 1 saturated carbocycles. The fourth-order valence-electron chi connectivity index (χ4n) is 2.90. The summed E-state index contributed by atoms with van der Waals surface area (Å²) in [6.07, 6.45) is 7.16. The monoisotopic (exact) mass is 253 g/mol. The van der Waals surface area contributed by atoms with Gasteiger partial charge in [0, 0.05) is 17.6 Å². The molecule has 96 valence electrons. The zero-order valence-electron chi connectivity index (χ0n) is 10.8. The zero-order chi connectivity index (χ0) is 12.3. The van der Waals surface area contributed by atoms with Crippen LogP contribution in [0.2, 0.25) is 0 Å². The molecule has 3 unspecified atom stereocenters. The zero-order valence-corrected chi connectivity index (χ0v) is 11.6. The molecule has 0 bridgehead atoms. The molecule has 0 aliphatic heterocycles. The average molecular weight is 253 g/mol. The summed E-state index contributed by atoms with van der Waals surface area (Å²) in [7, 11) is 2.23. The van der Waals surface area contributed by atoms with Gasteiger partial charge in [-0.3, -0.25) is 4.90 Å². The quantitative estimate of drug-likeness (QED) is 0.897. The first kappa shape index (κ1) is 13.0. The number of nitrogens with two attached hydrogens (primary N) is 1. The minimum Gasteiger partial charge on any atom is -0.330 e. The first-order valence-electron chi connectivity index (χ1n) is 6.55. The van der Waals surface area contributed by atoms with Crippen molar-refractivity contribution < 1.29 is 0 Å². The van der Waals surface area contributed by atoms with Crippen LogP contribution in [0.25, 0.3) is 0 Å². The molecule has 0 radical (unpaired) electrons. The number of hydrogen-bond acceptors (Lipinski definition) is 4. The Morgan fingerprint density at radius 3 is 2.94 bits per heavy atom. The van der Waals surface area contributed by atoms with Gasteiger partial charge in [-0.15, -0.1) is 11.3 Å². The third-order valence-electron chi connectivity index (χ3n) is 4.11. The first-order valence-corrected chi connectivity index (χ1v) is 7.43. The van der Waals surface area contributed by atoms with Gasteiger partial charge in [-0.2, -0.15) is 0 Å². The highest BCUT2D eigenvalue weighted by Crippen LogP contribution is 2.32. The van der Waals surface area contributed by atoms with E-state index < -0.39 is 0 Å². The predicted octanol–water partition coefficient (Wildman–Crippen LogP) is 2.65. The second-order valence-corrected chi connectivity index (χ2v) is 5.99. The van der Waals surface area contributed by atoms with Gasteiger partial charge in [0.15, 0.2) is 0 Å². The Hall–Kier alpha value is -0.450. The second kappa shape index (κ2) is 5.94. The molecule has 0 aromatic carbocycles. The van der Waals surface area contributed by atoms with E-state index in [1.807, 2.05) is 6.20 Å². The van der Waals surface area contributed by atoms with E-state index in [0.29, 0.717) is 18.0 Å². The molecule has 1 aromatic heterocycles. The average Bonchev–Trinajstić information content (AvgIpc) is 2.90. The van der Waals surface area contributed by atoms with E-state index in [1.54, 1.807) is 11.3 Å². The summed E-state index contributed by atoms with van der Waals surface area (Å²) in [5.74, 6) is 0.663. The van der Waals surface area contributed by atoms with Gasteiger partial charge in [0.05, 0.1) is 6.04 Å². The summed E-state index contributed by atoms with van der Waals surface area (Å²) in [6, 6.07) is 1.04. The van der Waals surface area contributed by atoms with Gasteiger partial charge in [-0.25, -0.2) is 4.98 Å². The molecule has 1 heterocycles. The van der Waals surface area contributed by atoms with Crippen LogP contribution in [-0.2, 0) is 0 Å². The van der Waals surface area contributed by atoms with Gasteiger partial charge < -0.3 is 5.73 Å². The topological polar surface area (TPSA) is 42.2 Å². The largest absolute Gasteiger partial charge is 0.330 e. The van der Waals surface area contributed by atoms with Crippen LogP contribution in [0, 0.1) is 5.92 Å². The number of rotatable bonds is 4. The van der Waals surface area contributed by atoms with Gasteiger partial charge in [0.25, 0.3) is 0 Å². The second-order valence-electron chi connectivity index (χ2n) is 5.06.